The van der Waals surface area contributed by atoms with Gasteiger partial charge in [0.1, 0.15) is 17.9 Å². The highest BCUT2D eigenvalue weighted by atomic mass is 35.5. The highest BCUT2D eigenvalue weighted by molar-refractivity contribution is 7.96. The first kappa shape index (κ1) is 21.1. The fourth-order valence-electron chi connectivity index (χ4n) is 4.45. The molecule has 0 saturated heterocycles. The van der Waals surface area contributed by atoms with Crippen molar-refractivity contribution >= 4 is 39.1 Å². The second-order valence-corrected chi connectivity index (χ2v) is 10.6. The van der Waals surface area contributed by atoms with Crippen molar-refractivity contribution in [1.82, 2.24) is 19.6 Å². The minimum absolute atomic E-state index is 0.112. The number of anilines is 1. The van der Waals surface area contributed by atoms with Crippen molar-refractivity contribution < 1.29 is 17.5 Å². The van der Waals surface area contributed by atoms with Gasteiger partial charge in [-0.2, -0.15) is 0 Å². The number of benzene rings is 2. The number of hydrogen-bond acceptors (Lipinski definition) is 7. The van der Waals surface area contributed by atoms with Crippen molar-refractivity contribution in [2.45, 2.75) is 24.8 Å². The number of rotatable bonds is 4. The molecule has 4 aromatic rings. The smallest absolute Gasteiger partial charge is 0.210 e. The van der Waals surface area contributed by atoms with E-state index in [1.54, 1.807) is 41.8 Å². The van der Waals surface area contributed by atoms with Crippen LogP contribution < -0.4 is 10.1 Å². The lowest BCUT2D eigenvalue weighted by molar-refractivity contribution is 0.356. The molecule has 6 rings (SSSR count). The summed E-state index contributed by atoms with van der Waals surface area (Å²) >= 11 is 6.38. The van der Waals surface area contributed by atoms with E-state index in [0.717, 1.165) is 5.56 Å². The first-order valence-electron chi connectivity index (χ1n) is 10.5. The molecule has 0 aliphatic carbocycles. The largest absolute Gasteiger partial charge is 0.493 e. The highest BCUT2D eigenvalue weighted by Crippen LogP contribution is 2.41. The van der Waals surface area contributed by atoms with E-state index in [4.69, 9.17) is 16.3 Å². The minimum atomic E-state index is -3.56. The summed E-state index contributed by atoms with van der Waals surface area (Å²) in [5.74, 6) is 0.834. The Labute approximate surface area is 199 Å². The van der Waals surface area contributed by atoms with E-state index in [1.165, 1.54) is 12.4 Å². The third-order valence-corrected chi connectivity index (χ3v) is 8.50. The van der Waals surface area contributed by atoms with Gasteiger partial charge in [-0.05, 0) is 48.4 Å². The maximum absolute atomic E-state index is 14.5. The molecule has 0 amide bonds. The molecule has 0 fully saturated rings. The van der Waals surface area contributed by atoms with Crippen LogP contribution in [0.3, 0.4) is 0 Å². The lowest BCUT2D eigenvalue weighted by atomic mass is 10.0. The van der Waals surface area contributed by atoms with Gasteiger partial charge in [0.05, 0.1) is 16.5 Å². The van der Waals surface area contributed by atoms with Crippen LogP contribution in [0, 0.1) is 5.82 Å². The quantitative estimate of drug-likeness (QED) is 0.449. The molecular weight excluding hydrogens is 481 g/mol. The summed E-state index contributed by atoms with van der Waals surface area (Å²) in [6, 6.07) is 6.39. The van der Waals surface area contributed by atoms with Crippen molar-refractivity contribution in [3.05, 3.63) is 69.2 Å². The maximum Gasteiger partial charge on any atom is 0.210 e. The number of sulfone groups is 1. The summed E-state index contributed by atoms with van der Waals surface area (Å²) in [5.41, 5.74) is 3.70. The first-order valence-corrected chi connectivity index (χ1v) is 12.3. The molecule has 2 aliphatic rings. The van der Waals surface area contributed by atoms with E-state index >= 15 is 0 Å². The van der Waals surface area contributed by atoms with Gasteiger partial charge >= 0.3 is 0 Å². The Morgan fingerprint density at radius 3 is 3.00 bits per heavy atom. The monoisotopic (exact) mass is 497 g/mol. The van der Waals surface area contributed by atoms with Crippen molar-refractivity contribution in [2.75, 3.05) is 11.9 Å². The van der Waals surface area contributed by atoms with Crippen LogP contribution in [-0.4, -0.2) is 34.6 Å². The van der Waals surface area contributed by atoms with E-state index < -0.39 is 9.84 Å². The van der Waals surface area contributed by atoms with Gasteiger partial charge in [0, 0.05) is 40.8 Å². The molecule has 172 valence electrons. The zero-order valence-electron chi connectivity index (χ0n) is 17.8. The Morgan fingerprint density at radius 1 is 1.29 bits per heavy atom. The summed E-state index contributed by atoms with van der Waals surface area (Å²) in [6.45, 7) is 2.29. The van der Waals surface area contributed by atoms with Gasteiger partial charge in [-0.3, -0.25) is 4.40 Å². The topological polar surface area (TPSA) is 98.5 Å². The van der Waals surface area contributed by atoms with Crippen LogP contribution >= 0.6 is 11.6 Å². The van der Waals surface area contributed by atoms with Gasteiger partial charge in [-0.15, -0.1) is 10.2 Å². The standard InChI is InChI=1S/C23H17ClFN5O3S/c1-12-6-14-7-13(8-18(24)21(14)34(12,31)32)16-9-26-23(30-11-28-29-22(16)30)27-10-17-15-4-5-33-20(15)3-2-19(17)25/h2-3,6-9,11H,4-5,10H2,1H3,(H,26,27). The van der Waals surface area contributed by atoms with Gasteiger partial charge < -0.3 is 10.1 Å². The number of nitrogens with one attached hydrogen (secondary N) is 1. The average Bonchev–Trinajstić information content (AvgIpc) is 3.51. The molecule has 0 spiro atoms. The molecule has 0 bridgehead atoms. The van der Waals surface area contributed by atoms with Gasteiger partial charge in [0.15, 0.2) is 5.65 Å². The molecule has 0 atom stereocenters. The Balaban J connectivity index is 1.38. The zero-order chi connectivity index (χ0) is 23.6. The average molecular weight is 498 g/mol. The van der Waals surface area contributed by atoms with Crippen LogP contribution in [0.2, 0.25) is 5.02 Å². The molecule has 0 saturated carbocycles. The Kier molecular flexibility index (Phi) is 4.65. The molecule has 2 aromatic carbocycles. The van der Waals surface area contributed by atoms with Gasteiger partial charge in [0.25, 0.3) is 0 Å². The first-order chi connectivity index (χ1) is 16.3. The molecule has 0 unspecified atom stereocenters. The van der Waals surface area contributed by atoms with Crippen molar-refractivity contribution in [1.29, 1.82) is 0 Å². The maximum atomic E-state index is 14.5. The molecule has 4 heterocycles. The highest BCUT2D eigenvalue weighted by Gasteiger charge is 2.30. The molecule has 2 aliphatic heterocycles. The van der Waals surface area contributed by atoms with Crippen LogP contribution in [0.4, 0.5) is 10.3 Å². The third kappa shape index (κ3) is 3.09. The van der Waals surface area contributed by atoms with Crippen molar-refractivity contribution in [3.8, 4) is 16.9 Å². The van der Waals surface area contributed by atoms with Gasteiger partial charge in [-0.25, -0.2) is 17.8 Å². The van der Waals surface area contributed by atoms with Crippen LogP contribution in [-0.2, 0) is 22.8 Å². The van der Waals surface area contributed by atoms with Gasteiger partial charge in [-0.1, -0.05) is 11.6 Å². The summed E-state index contributed by atoms with van der Waals surface area (Å²) in [4.78, 5) is 4.86. The normalized spacial score (nSPS) is 15.7. The number of halogens is 2. The number of fused-ring (bicyclic) bond motifs is 3. The molecule has 0 radical (unpaired) electrons. The summed E-state index contributed by atoms with van der Waals surface area (Å²) in [6.07, 6.45) is 5.37. The lowest BCUT2D eigenvalue weighted by Crippen LogP contribution is -2.09. The van der Waals surface area contributed by atoms with Gasteiger partial charge in [0.2, 0.25) is 15.8 Å². The number of allylic oxidation sites excluding steroid dienone is 1. The lowest BCUT2D eigenvalue weighted by Gasteiger charge is -2.13. The second-order valence-electron chi connectivity index (χ2n) is 8.11. The summed E-state index contributed by atoms with van der Waals surface area (Å²) in [7, 11) is -3.56. The number of nitrogens with zero attached hydrogens (tertiary/aromatic N) is 4. The predicted molar refractivity (Wildman–Crippen MR) is 125 cm³/mol. The molecule has 34 heavy (non-hydrogen) atoms. The third-order valence-electron chi connectivity index (χ3n) is 6.13. The number of hydrogen-bond donors (Lipinski definition) is 1. The summed E-state index contributed by atoms with van der Waals surface area (Å²) in [5, 5.41) is 11.5. The van der Waals surface area contributed by atoms with Crippen LogP contribution in [0.1, 0.15) is 23.6 Å². The minimum Gasteiger partial charge on any atom is -0.493 e. The van der Waals surface area contributed by atoms with E-state index in [-0.39, 0.29) is 27.2 Å². The fourth-order valence-corrected chi connectivity index (χ4v) is 6.33. The van der Waals surface area contributed by atoms with Crippen molar-refractivity contribution in [2.24, 2.45) is 0 Å². The van der Waals surface area contributed by atoms with E-state index in [2.05, 4.69) is 20.5 Å². The molecular formula is C23H17ClFN5O3S. The Morgan fingerprint density at radius 2 is 2.15 bits per heavy atom. The van der Waals surface area contributed by atoms with E-state index in [0.29, 0.717) is 52.6 Å². The van der Waals surface area contributed by atoms with Crippen molar-refractivity contribution in [3.63, 3.8) is 0 Å². The fraction of sp³-hybridized carbons (Fsp3) is 0.174. The molecule has 8 nitrogen and oxygen atoms in total. The molecule has 1 N–H and O–H groups in total. The SMILES string of the molecule is CC1=Cc2cc(-c3cnc(NCc4c(F)ccc5c4CCO5)n4cnnc34)cc(Cl)c2S1(=O)=O. The van der Waals surface area contributed by atoms with E-state index in [1.807, 2.05) is 0 Å². The number of aromatic nitrogens is 4. The summed E-state index contributed by atoms with van der Waals surface area (Å²) < 4.78 is 46.7. The zero-order valence-corrected chi connectivity index (χ0v) is 19.4. The second kappa shape index (κ2) is 7.51. The van der Waals surface area contributed by atoms with Crippen LogP contribution in [0.25, 0.3) is 22.9 Å². The molecule has 2 aromatic heterocycles. The Bertz CT molecular complexity index is 1650. The molecule has 11 heteroatoms. The van der Waals surface area contributed by atoms with E-state index in [9.17, 15) is 12.8 Å². The predicted octanol–water partition coefficient (Wildman–Crippen LogP) is 4.28. The number of ether oxygens (including phenoxy) is 1. The van der Waals surface area contributed by atoms with Crippen LogP contribution in [0.15, 0.2) is 46.6 Å². The Hall–Kier alpha value is -3.50. The van der Waals surface area contributed by atoms with Crippen LogP contribution in [0.5, 0.6) is 5.75 Å².